The van der Waals surface area contributed by atoms with Crippen molar-refractivity contribution in [3.8, 4) is 22.5 Å². The van der Waals surface area contributed by atoms with E-state index in [1.54, 1.807) is 0 Å². The molecule has 0 amide bonds. The van der Waals surface area contributed by atoms with Crippen LogP contribution < -0.4 is 0 Å². The Labute approximate surface area is 307 Å². The third-order valence-corrected chi connectivity index (χ3v) is 11.1. The van der Waals surface area contributed by atoms with Gasteiger partial charge in [-0.3, -0.25) is 0 Å². The van der Waals surface area contributed by atoms with E-state index in [2.05, 4.69) is 203 Å². The van der Waals surface area contributed by atoms with Gasteiger partial charge < -0.3 is 9.13 Å². The lowest BCUT2D eigenvalue weighted by molar-refractivity contribution is 1.18. The van der Waals surface area contributed by atoms with Crippen LogP contribution in [0.3, 0.4) is 0 Å². The molecule has 0 bridgehead atoms. The van der Waals surface area contributed by atoms with E-state index in [-0.39, 0.29) is 0 Å². The average molecular weight is 675 g/mol. The van der Waals surface area contributed by atoms with Crippen LogP contribution in [0, 0.1) is 0 Å². The van der Waals surface area contributed by atoms with E-state index in [9.17, 15) is 0 Å². The molecule has 9 aromatic carbocycles. The highest BCUT2D eigenvalue weighted by atomic mass is 15.0. The maximum Gasteiger partial charge on any atom is 0.0641 e. The molecule has 11 rings (SSSR count). The molecule has 0 N–H and O–H groups in total. The van der Waals surface area contributed by atoms with Gasteiger partial charge in [0.1, 0.15) is 0 Å². The van der Waals surface area contributed by atoms with Gasteiger partial charge in [-0.25, -0.2) is 0 Å². The molecule has 0 radical (unpaired) electrons. The number of fused-ring (bicyclic) bond motifs is 9. The second-order valence-electron chi connectivity index (χ2n) is 14.2. The maximum atomic E-state index is 2.47. The van der Waals surface area contributed by atoms with Gasteiger partial charge in [-0.15, -0.1) is 0 Å². The Morgan fingerprint density at radius 1 is 0.321 bits per heavy atom. The summed E-state index contributed by atoms with van der Waals surface area (Å²) < 4.78 is 4.93. The fourth-order valence-corrected chi connectivity index (χ4v) is 8.59. The Morgan fingerprint density at radius 2 is 0.943 bits per heavy atom. The van der Waals surface area contributed by atoms with Crippen molar-refractivity contribution in [2.75, 3.05) is 0 Å². The average Bonchev–Trinajstić information content (AvgIpc) is 3.74. The molecule has 0 saturated heterocycles. The number of nitrogens with zero attached hydrogens (tertiary/aromatic N) is 2. The van der Waals surface area contributed by atoms with Crippen LogP contribution in [0.25, 0.3) is 87.7 Å². The fourth-order valence-electron chi connectivity index (χ4n) is 8.59. The zero-order valence-electron chi connectivity index (χ0n) is 29.1. The fraction of sp³-hybridized carbons (Fsp3) is 0.0196. The Balaban J connectivity index is 1.09. The van der Waals surface area contributed by atoms with E-state index in [0.717, 1.165) is 12.1 Å². The molecule has 0 aliphatic carbocycles. The van der Waals surface area contributed by atoms with Crippen molar-refractivity contribution in [2.24, 2.45) is 0 Å². The van der Waals surface area contributed by atoms with Crippen molar-refractivity contribution in [1.82, 2.24) is 9.13 Å². The highest BCUT2D eigenvalue weighted by Gasteiger charge is 2.21. The van der Waals surface area contributed by atoms with E-state index in [4.69, 9.17) is 0 Å². The molecule has 53 heavy (non-hydrogen) atoms. The minimum absolute atomic E-state index is 0.932. The van der Waals surface area contributed by atoms with Crippen LogP contribution in [0.2, 0.25) is 0 Å². The molecule has 0 spiro atoms. The summed E-state index contributed by atoms with van der Waals surface area (Å²) in [7, 11) is 0. The van der Waals surface area contributed by atoms with E-state index in [1.165, 1.54) is 93.1 Å². The maximum absolute atomic E-state index is 2.47. The number of para-hydroxylation sites is 2. The Morgan fingerprint density at radius 3 is 1.79 bits per heavy atom. The van der Waals surface area contributed by atoms with Crippen LogP contribution in [0.15, 0.2) is 194 Å². The van der Waals surface area contributed by atoms with Gasteiger partial charge in [0.15, 0.2) is 0 Å². The van der Waals surface area contributed by atoms with E-state index in [0.29, 0.717) is 0 Å². The van der Waals surface area contributed by atoms with Crippen LogP contribution >= 0.6 is 0 Å². The minimum atomic E-state index is 0.932. The molecule has 0 atom stereocenters. The lowest BCUT2D eigenvalue weighted by Gasteiger charge is -2.12. The number of aromatic nitrogens is 2. The van der Waals surface area contributed by atoms with E-state index >= 15 is 0 Å². The van der Waals surface area contributed by atoms with Gasteiger partial charge in [0.2, 0.25) is 0 Å². The number of rotatable bonds is 5. The molecule has 0 aliphatic heterocycles. The first-order valence-corrected chi connectivity index (χ1v) is 18.4. The van der Waals surface area contributed by atoms with Gasteiger partial charge in [-0.05, 0) is 98.8 Å². The molecule has 0 unspecified atom stereocenters. The van der Waals surface area contributed by atoms with Crippen molar-refractivity contribution in [3.05, 3.63) is 205 Å². The number of hydrogen-bond donors (Lipinski definition) is 0. The smallest absolute Gasteiger partial charge is 0.0641 e. The Hall–Kier alpha value is -6.90. The largest absolute Gasteiger partial charge is 0.309 e. The lowest BCUT2D eigenvalue weighted by Crippen LogP contribution is -1.96. The van der Waals surface area contributed by atoms with Crippen molar-refractivity contribution >= 4 is 65.2 Å². The van der Waals surface area contributed by atoms with Crippen molar-refractivity contribution < 1.29 is 0 Å². The Kier molecular flexibility index (Phi) is 6.65. The first-order valence-electron chi connectivity index (χ1n) is 18.4. The third-order valence-electron chi connectivity index (χ3n) is 11.1. The minimum Gasteiger partial charge on any atom is -0.309 e. The van der Waals surface area contributed by atoms with Gasteiger partial charge in [0.05, 0.1) is 22.1 Å². The van der Waals surface area contributed by atoms with Crippen LogP contribution in [-0.2, 0) is 6.42 Å². The normalized spacial score (nSPS) is 11.8. The van der Waals surface area contributed by atoms with Crippen LogP contribution in [0.5, 0.6) is 0 Å². The molecule has 248 valence electrons. The summed E-state index contributed by atoms with van der Waals surface area (Å²) in [5.74, 6) is 0. The molecule has 0 fully saturated rings. The zero-order chi connectivity index (χ0) is 34.9. The monoisotopic (exact) mass is 674 g/mol. The summed E-state index contributed by atoms with van der Waals surface area (Å²) in [5, 5.41) is 10.1. The second kappa shape index (κ2) is 11.8. The van der Waals surface area contributed by atoms with E-state index < -0.39 is 0 Å². The lowest BCUT2D eigenvalue weighted by atomic mass is 10.0. The first-order chi connectivity index (χ1) is 26.3. The number of hydrogen-bond acceptors (Lipinski definition) is 0. The summed E-state index contributed by atoms with van der Waals surface area (Å²) in [6.07, 6.45) is 0.932. The highest BCUT2D eigenvalue weighted by molar-refractivity contribution is 6.26. The van der Waals surface area contributed by atoms with Gasteiger partial charge in [-0.2, -0.15) is 0 Å². The van der Waals surface area contributed by atoms with Crippen molar-refractivity contribution in [3.63, 3.8) is 0 Å². The summed E-state index contributed by atoms with van der Waals surface area (Å²) in [6, 6.07) is 71.3. The summed E-state index contributed by atoms with van der Waals surface area (Å²) in [4.78, 5) is 0. The molecule has 11 aromatic rings. The predicted octanol–water partition coefficient (Wildman–Crippen LogP) is 13.4. The molecule has 2 heteroatoms. The van der Waals surface area contributed by atoms with Gasteiger partial charge in [-0.1, -0.05) is 146 Å². The summed E-state index contributed by atoms with van der Waals surface area (Å²) in [6.45, 7) is 0. The van der Waals surface area contributed by atoms with Crippen molar-refractivity contribution in [2.45, 2.75) is 6.42 Å². The molecule has 0 saturated carbocycles. The topological polar surface area (TPSA) is 9.86 Å². The van der Waals surface area contributed by atoms with Crippen LogP contribution in [0.4, 0.5) is 0 Å². The third kappa shape index (κ3) is 4.80. The zero-order valence-corrected chi connectivity index (χ0v) is 29.1. The quantitative estimate of drug-likeness (QED) is 0.172. The summed E-state index contributed by atoms with van der Waals surface area (Å²) in [5.41, 5.74) is 12.3. The van der Waals surface area contributed by atoms with Gasteiger partial charge in [0, 0.05) is 32.9 Å². The standard InChI is InChI=1S/C51H34N2/c1-2-10-34(11-3-1)30-35-18-19-41-33-43(27-24-39(41)31-35)52-48-17-9-7-15-46(48)50-49(52)29-28-45-44-14-6-8-16-47(44)53(51(45)50)42-25-22-37(23-26-42)40-21-20-36-12-4-5-13-38(36)32-40/h1-29,31-33H,30H2. The van der Waals surface area contributed by atoms with Gasteiger partial charge in [0.25, 0.3) is 0 Å². The molecule has 2 heterocycles. The molecular weight excluding hydrogens is 641 g/mol. The van der Waals surface area contributed by atoms with Crippen molar-refractivity contribution in [1.29, 1.82) is 0 Å². The van der Waals surface area contributed by atoms with E-state index in [1.807, 2.05) is 0 Å². The second-order valence-corrected chi connectivity index (χ2v) is 14.2. The SMILES string of the molecule is c1ccc(Cc2ccc3cc(-n4c5ccccc5c5c4ccc4c6ccccc6n(-c6ccc(-c7ccc8ccccc8c7)cc6)c45)ccc3c2)cc1. The first kappa shape index (κ1) is 29.8. The number of benzene rings is 9. The molecule has 0 aliphatic rings. The van der Waals surface area contributed by atoms with Crippen LogP contribution in [0.1, 0.15) is 11.1 Å². The molecule has 2 aromatic heterocycles. The Bertz CT molecular complexity index is 3180. The van der Waals surface area contributed by atoms with Crippen LogP contribution in [-0.4, -0.2) is 9.13 Å². The summed E-state index contributed by atoms with van der Waals surface area (Å²) >= 11 is 0. The molecule has 2 nitrogen and oxygen atoms in total. The highest BCUT2D eigenvalue weighted by Crippen LogP contribution is 2.42. The predicted molar refractivity (Wildman–Crippen MR) is 225 cm³/mol. The van der Waals surface area contributed by atoms with Gasteiger partial charge >= 0.3 is 0 Å². The molecular formula is C51H34N2.